The van der Waals surface area contributed by atoms with Crippen LogP contribution in [-0.4, -0.2) is 21.5 Å². The van der Waals surface area contributed by atoms with Gasteiger partial charge in [0.05, 0.1) is 0 Å². The zero-order chi connectivity index (χ0) is 16.1. The first-order valence-electron chi connectivity index (χ1n) is 7.63. The highest BCUT2D eigenvalue weighted by atomic mass is 28.3. The number of anilines is 1. The average molecular weight is 314 g/mol. The third-order valence-corrected chi connectivity index (χ3v) is 5.33. The minimum Gasteiger partial charge on any atom is -0.398 e. The Hall–Kier alpha value is -1.62. The Balaban J connectivity index is 2.47. The van der Waals surface area contributed by atoms with Crippen LogP contribution >= 0.6 is 0 Å². The first-order valence-corrected chi connectivity index (χ1v) is 8.95. The zero-order valence-corrected chi connectivity index (χ0v) is 14.7. The van der Waals surface area contributed by atoms with E-state index < -0.39 is 9.28 Å². The van der Waals surface area contributed by atoms with Crippen molar-refractivity contribution in [3.05, 3.63) is 48.5 Å². The van der Waals surface area contributed by atoms with E-state index in [1.807, 2.05) is 64.1 Å². The second-order valence-corrected chi connectivity index (χ2v) is 7.34. The Morgan fingerprint density at radius 3 is 1.82 bits per heavy atom. The second-order valence-electron chi connectivity index (χ2n) is 5.75. The van der Waals surface area contributed by atoms with Gasteiger partial charge in [-0.2, -0.15) is 0 Å². The first kappa shape index (κ1) is 16.7. The summed E-state index contributed by atoms with van der Waals surface area (Å²) in [5.41, 5.74) is 9.04. The fraction of sp³-hybridized carbons (Fsp3) is 0.333. The van der Waals surface area contributed by atoms with Crippen molar-refractivity contribution >= 4 is 20.2 Å². The number of benzene rings is 2. The van der Waals surface area contributed by atoms with Crippen LogP contribution in [0.1, 0.15) is 27.7 Å². The van der Waals surface area contributed by atoms with E-state index in [0.717, 1.165) is 22.0 Å². The molecule has 0 aromatic heterocycles. The summed E-state index contributed by atoms with van der Waals surface area (Å²) in [7, 11) is -1.57. The molecule has 0 amide bonds. The summed E-state index contributed by atoms with van der Waals surface area (Å²) < 4.78 is 12.2. The quantitative estimate of drug-likeness (QED) is 0.656. The van der Waals surface area contributed by atoms with Gasteiger partial charge in [0.1, 0.15) is 0 Å². The molecule has 2 rings (SSSR count). The maximum Gasteiger partial charge on any atom is 0.424 e. The number of para-hydroxylation sites is 1. The molecule has 2 aromatic rings. The third kappa shape index (κ3) is 4.19. The highest BCUT2D eigenvalue weighted by molar-refractivity contribution is 6.63. The van der Waals surface area contributed by atoms with Gasteiger partial charge in [-0.3, -0.25) is 0 Å². The van der Waals surface area contributed by atoms with Crippen molar-refractivity contribution in [2.75, 3.05) is 5.73 Å². The average Bonchev–Trinajstić information content (AvgIpc) is 2.46. The Morgan fingerprint density at radius 2 is 1.27 bits per heavy atom. The van der Waals surface area contributed by atoms with Gasteiger partial charge in [-0.15, -0.1) is 0 Å². The molecule has 0 unspecified atom stereocenters. The maximum absolute atomic E-state index is 6.15. The molecule has 0 fully saturated rings. The molecule has 0 heterocycles. The lowest BCUT2D eigenvalue weighted by Gasteiger charge is -2.22. The van der Waals surface area contributed by atoms with Gasteiger partial charge in [0.15, 0.2) is 0 Å². The molecular weight excluding hydrogens is 290 g/mol. The fourth-order valence-electron chi connectivity index (χ4n) is 2.22. The standard InChI is InChI=1S/C18H24NO2Si/c1-13(2)20-22(21-14(3)4)18-12-8-6-10-16(18)15-9-5-7-11-17(15)19/h5-14H,19H2,1-4H3. The molecule has 1 radical (unpaired) electrons. The minimum absolute atomic E-state index is 0.119. The van der Waals surface area contributed by atoms with Crippen LogP contribution in [0.3, 0.4) is 0 Å². The minimum atomic E-state index is -1.57. The van der Waals surface area contributed by atoms with Gasteiger partial charge >= 0.3 is 9.28 Å². The maximum atomic E-state index is 6.15. The van der Waals surface area contributed by atoms with E-state index in [1.165, 1.54) is 0 Å². The monoisotopic (exact) mass is 314 g/mol. The molecule has 0 aliphatic carbocycles. The first-order chi connectivity index (χ1) is 10.5. The smallest absolute Gasteiger partial charge is 0.398 e. The van der Waals surface area contributed by atoms with Gasteiger partial charge in [0.2, 0.25) is 0 Å². The van der Waals surface area contributed by atoms with Crippen LogP contribution in [0.5, 0.6) is 0 Å². The number of rotatable bonds is 6. The summed E-state index contributed by atoms with van der Waals surface area (Å²) in [5, 5.41) is 1.10. The van der Waals surface area contributed by atoms with E-state index in [-0.39, 0.29) is 12.2 Å². The van der Waals surface area contributed by atoms with Gasteiger partial charge in [-0.25, -0.2) is 0 Å². The predicted molar refractivity (Wildman–Crippen MR) is 94.1 cm³/mol. The zero-order valence-electron chi connectivity index (χ0n) is 13.7. The SMILES string of the molecule is CC(C)O[Si](OC(C)C)c1ccccc1-c1ccccc1N. The molecule has 3 nitrogen and oxygen atoms in total. The van der Waals surface area contributed by atoms with Crippen LogP contribution in [0.4, 0.5) is 5.69 Å². The third-order valence-electron chi connectivity index (χ3n) is 3.08. The van der Waals surface area contributed by atoms with Crippen molar-refractivity contribution in [2.24, 2.45) is 0 Å². The second kappa shape index (κ2) is 7.58. The Kier molecular flexibility index (Phi) is 5.77. The van der Waals surface area contributed by atoms with E-state index >= 15 is 0 Å². The van der Waals surface area contributed by atoms with Crippen molar-refractivity contribution in [2.45, 2.75) is 39.9 Å². The fourth-order valence-corrected chi connectivity index (χ4v) is 4.06. The summed E-state index contributed by atoms with van der Waals surface area (Å²) in [6.07, 6.45) is 0.239. The normalized spacial score (nSPS) is 11.6. The van der Waals surface area contributed by atoms with E-state index in [2.05, 4.69) is 12.1 Å². The molecule has 0 aliphatic heterocycles. The lowest BCUT2D eigenvalue weighted by atomic mass is 10.0. The molecule has 2 aromatic carbocycles. The molecule has 2 N–H and O–H groups in total. The summed E-state index contributed by atoms with van der Waals surface area (Å²) in [5.74, 6) is 0. The largest absolute Gasteiger partial charge is 0.424 e. The topological polar surface area (TPSA) is 44.5 Å². The molecule has 0 atom stereocenters. The molecule has 0 aliphatic rings. The van der Waals surface area contributed by atoms with E-state index in [4.69, 9.17) is 14.6 Å². The highest BCUT2D eigenvalue weighted by Gasteiger charge is 2.25. The van der Waals surface area contributed by atoms with E-state index in [1.54, 1.807) is 0 Å². The highest BCUT2D eigenvalue weighted by Crippen LogP contribution is 2.24. The number of hydrogen-bond acceptors (Lipinski definition) is 3. The molecular formula is C18H24NO2Si. The molecule has 4 heteroatoms. The van der Waals surface area contributed by atoms with Crippen molar-refractivity contribution in [3.8, 4) is 11.1 Å². The Bertz CT molecular complexity index is 604. The van der Waals surface area contributed by atoms with E-state index in [9.17, 15) is 0 Å². The summed E-state index contributed by atoms with van der Waals surface area (Å²) in [6, 6.07) is 16.1. The van der Waals surface area contributed by atoms with Crippen molar-refractivity contribution in [1.82, 2.24) is 0 Å². The van der Waals surface area contributed by atoms with Crippen molar-refractivity contribution < 1.29 is 8.85 Å². The van der Waals surface area contributed by atoms with Crippen LogP contribution in [0.15, 0.2) is 48.5 Å². The number of nitrogens with two attached hydrogens (primary N) is 1. The summed E-state index contributed by atoms with van der Waals surface area (Å²) in [6.45, 7) is 8.14. The predicted octanol–water partition coefficient (Wildman–Crippen LogP) is 3.48. The molecule has 117 valence electrons. The summed E-state index contributed by atoms with van der Waals surface area (Å²) >= 11 is 0. The Morgan fingerprint density at radius 1 is 0.773 bits per heavy atom. The van der Waals surface area contributed by atoms with Crippen LogP contribution in [0.2, 0.25) is 0 Å². The van der Waals surface area contributed by atoms with Crippen LogP contribution in [0, 0.1) is 0 Å². The Labute approximate surface area is 134 Å². The van der Waals surface area contributed by atoms with Crippen LogP contribution in [-0.2, 0) is 8.85 Å². The number of nitrogen functional groups attached to an aromatic ring is 1. The van der Waals surface area contributed by atoms with Crippen molar-refractivity contribution in [1.29, 1.82) is 0 Å². The van der Waals surface area contributed by atoms with Crippen LogP contribution in [0.25, 0.3) is 11.1 Å². The van der Waals surface area contributed by atoms with Gasteiger partial charge in [0, 0.05) is 28.6 Å². The van der Waals surface area contributed by atoms with Crippen molar-refractivity contribution in [3.63, 3.8) is 0 Å². The molecule has 0 bridgehead atoms. The lowest BCUT2D eigenvalue weighted by Crippen LogP contribution is -2.41. The summed E-state index contributed by atoms with van der Waals surface area (Å²) in [4.78, 5) is 0. The molecule has 0 saturated carbocycles. The van der Waals surface area contributed by atoms with E-state index in [0.29, 0.717) is 0 Å². The van der Waals surface area contributed by atoms with Gasteiger partial charge in [-0.05, 0) is 39.3 Å². The van der Waals surface area contributed by atoms with Crippen LogP contribution < -0.4 is 10.9 Å². The molecule has 0 spiro atoms. The van der Waals surface area contributed by atoms with Gasteiger partial charge < -0.3 is 14.6 Å². The molecule has 22 heavy (non-hydrogen) atoms. The number of hydrogen-bond donors (Lipinski definition) is 1. The van der Waals surface area contributed by atoms with Gasteiger partial charge in [-0.1, -0.05) is 42.5 Å². The molecule has 0 saturated heterocycles. The lowest BCUT2D eigenvalue weighted by molar-refractivity contribution is 0.139. The van der Waals surface area contributed by atoms with Gasteiger partial charge in [0.25, 0.3) is 0 Å².